The molecule has 0 amide bonds. The number of hydrogen-bond acceptors (Lipinski definition) is 11. The van der Waals surface area contributed by atoms with Gasteiger partial charge in [-0.15, -0.1) is 6.58 Å². The normalized spacial score (nSPS) is 35.2. The van der Waals surface area contributed by atoms with Crippen molar-refractivity contribution in [2.75, 3.05) is 20.3 Å². The van der Waals surface area contributed by atoms with Gasteiger partial charge in [0.2, 0.25) is 6.29 Å². The molecule has 5 rings (SSSR count). The second-order valence-electron chi connectivity index (χ2n) is 9.73. The van der Waals surface area contributed by atoms with Crippen molar-refractivity contribution < 1.29 is 44.2 Å². The van der Waals surface area contributed by atoms with Crippen LogP contribution in [-0.4, -0.2) is 93.6 Å². The monoisotopic (exact) mass is 531 g/mol. The molecule has 5 heterocycles. The van der Waals surface area contributed by atoms with Crippen LogP contribution in [0.15, 0.2) is 42.8 Å². The quantitative estimate of drug-likeness (QED) is 0.206. The van der Waals surface area contributed by atoms with Gasteiger partial charge in [0.05, 0.1) is 25.6 Å². The molecule has 6 N–H and O–H groups in total. The number of nitrogens with zero attached hydrogens (tertiary/aromatic N) is 1. The number of methoxy groups -OCH3 is 1. The lowest BCUT2D eigenvalue weighted by Crippen LogP contribution is -2.60. The van der Waals surface area contributed by atoms with E-state index in [1.54, 1.807) is 12.3 Å². The third-order valence-electron chi connectivity index (χ3n) is 7.63. The summed E-state index contributed by atoms with van der Waals surface area (Å²) in [5.41, 5.74) is 3.27. The summed E-state index contributed by atoms with van der Waals surface area (Å²) < 4.78 is 22.2. The van der Waals surface area contributed by atoms with Gasteiger partial charge >= 0.3 is 5.97 Å². The average molecular weight is 532 g/mol. The highest BCUT2D eigenvalue weighted by Crippen LogP contribution is 2.41. The van der Waals surface area contributed by atoms with Crippen molar-refractivity contribution in [3.05, 3.63) is 54.1 Å². The van der Waals surface area contributed by atoms with Crippen LogP contribution in [-0.2, 0) is 30.2 Å². The fraction of sp³-hybridized carbons (Fsp3) is 0.538. The highest BCUT2D eigenvalue weighted by molar-refractivity contribution is 5.89. The number of H-pyrrole nitrogens is 1. The fourth-order valence-electron chi connectivity index (χ4n) is 5.62. The van der Waals surface area contributed by atoms with Crippen LogP contribution in [0.1, 0.15) is 23.7 Å². The molecule has 9 atom stereocenters. The lowest BCUT2D eigenvalue weighted by molar-refractivity contribution is -0.339. The van der Waals surface area contributed by atoms with Crippen LogP contribution < -0.4 is 5.32 Å². The first-order valence-electron chi connectivity index (χ1n) is 12.6. The highest BCUT2D eigenvalue weighted by Gasteiger charge is 2.48. The highest BCUT2D eigenvalue weighted by atomic mass is 16.8. The van der Waals surface area contributed by atoms with Crippen molar-refractivity contribution in [3.8, 4) is 0 Å². The molecule has 0 bridgehead atoms. The van der Waals surface area contributed by atoms with Crippen molar-refractivity contribution >= 4 is 17.0 Å². The van der Waals surface area contributed by atoms with Crippen LogP contribution in [0.3, 0.4) is 0 Å². The fourth-order valence-corrected chi connectivity index (χ4v) is 5.62. The van der Waals surface area contributed by atoms with E-state index in [0.717, 1.165) is 29.7 Å². The van der Waals surface area contributed by atoms with Crippen LogP contribution in [0, 0.1) is 11.8 Å². The molecular formula is C26H33N3O9. The predicted molar refractivity (Wildman–Crippen MR) is 132 cm³/mol. The Morgan fingerprint density at radius 2 is 2.08 bits per heavy atom. The second kappa shape index (κ2) is 11.1. The summed E-state index contributed by atoms with van der Waals surface area (Å²) in [4.78, 5) is 20.6. The molecule has 3 aliphatic rings. The van der Waals surface area contributed by atoms with Gasteiger partial charge in [-0.05, 0) is 37.1 Å². The number of hydrogen-bond donors (Lipinski definition) is 6. The van der Waals surface area contributed by atoms with Gasteiger partial charge in [0.15, 0.2) is 6.29 Å². The largest absolute Gasteiger partial charge is 0.471 e. The topological polar surface area (TPSA) is 176 Å². The number of aliphatic hydroxyl groups excluding tert-OH is 4. The first-order valence-corrected chi connectivity index (χ1v) is 12.6. The van der Waals surface area contributed by atoms with Gasteiger partial charge in [0.25, 0.3) is 0 Å². The molecule has 2 aromatic rings. The molecule has 1 saturated heterocycles. The Labute approximate surface area is 218 Å². The SMILES string of the molecule is C=C[C@H]1[C@H](O[C@@H]2O[C@H](CO)[C@@H](O)[C@H](O)[C@H]2O)OC=C(C(=O)OC)[C@H]1C[C@@H]1NCCc2c1[nH]c1ncccc21. The van der Waals surface area contributed by atoms with Gasteiger partial charge in [0.1, 0.15) is 30.1 Å². The third kappa shape index (κ3) is 4.73. The van der Waals surface area contributed by atoms with E-state index >= 15 is 0 Å². The predicted octanol–water partition coefficient (Wildman–Crippen LogP) is -0.212. The summed E-state index contributed by atoms with van der Waals surface area (Å²) in [6, 6.07) is 3.78. The Hall–Kier alpha value is -2.84. The summed E-state index contributed by atoms with van der Waals surface area (Å²) >= 11 is 0. The minimum absolute atomic E-state index is 0.153. The van der Waals surface area contributed by atoms with Crippen LogP contribution in [0.2, 0.25) is 0 Å². The molecule has 38 heavy (non-hydrogen) atoms. The molecule has 206 valence electrons. The maximum absolute atomic E-state index is 12.7. The number of fused-ring (bicyclic) bond motifs is 3. The second-order valence-corrected chi connectivity index (χ2v) is 9.73. The maximum atomic E-state index is 12.7. The van der Waals surface area contributed by atoms with E-state index in [1.165, 1.54) is 18.9 Å². The maximum Gasteiger partial charge on any atom is 0.337 e. The molecule has 1 fully saturated rings. The molecule has 0 spiro atoms. The summed E-state index contributed by atoms with van der Waals surface area (Å²) in [5, 5.41) is 44.8. The van der Waals surface area contributed by atoms with Crippen molar-refractivity contribution in [1.29, 1.82) is 0 Å². The van der Waals surface area contributed by atoms with Crippen LogP contribution in [0.25, 0.3) is 11.0 Å². The summed E-state index contributed by atoms with van der Waals surface area (Å²) in [7, 11) is 1.29. The summed E-state index contributed by atoms with van der Waals surface area (Å²) in [6.45, 7) is 4.08. The Morgan fingerprint density at radius 3 is 2.82 bits per heavy atom. The molecule has 12 nitrogen and oxygen atoms in total. The zero-order valence-electron chi connectivity index (χ0n) is 20.9. The Kier molecular flexibility index (Phi) is 7.82. The smallest absolute Gasteiger partial charge is 0.337 e. The first kappa shape index (κ1) is 26.8. The van der Waals surface area contributed by atoms with Crippen molar-refractivity contribution in [3.63, 3.8) is 0 Å². The standard InChI is InChI=1S/C26H33N3O9/c1-3-12-15(9-17-19-13(6-8-27-17)14-5-4-7-28-23(14)29-19)16(24(34)35-2)11-36-25(12)38-26-22(33)21(32)20(31)18(10-30)37-26/h3-5,7,11-12,15,17-18,20-22,25-27,30-33H,1,6,8-10H2,2H3,(H,28,29)/t12-,15+,17+,18-,20-,21+,22-,25+,26+/m1/s1. The molecule has 3 aliphatic heterocycles. The number of carbonyl (C=O) groups excluding carboxylic acids is 1. The molecule has 0 saturated carbocycles. The Morgan fingerprint density at radius 1 is 1.26 bits per heavy atom. The molecule has 12 heteroatoms. The van der Waals surface area contributed by atoms with Crippen molar-refractivity contribution in [2.45, 2.75) is 55.9 Å². The molecule has 0 aromatic carbocycles. The minimum atomic E-state index is -1.60. The summed E-state index contributed by atoms with van der Waals surface area (Å²) in [5.74, 6) is -1.61. The minimum Gasteiger partial charge on any atom is -0.471 e. The zero-order chi connectivity index (χ0) is 27.0. The number of rotatable bonds is 7. The van der Waals surface area contributed by atoms with E-state index < -0.39 is 61.4 Å². The molecule has 0 radical (unpaired) electrons. The molecule has 0 aliphatic carbocycles. The lowest BCUT2D eigenvalue weighted by Gasteiger charge is -2.43. The first-order chi connectivity index (χ1) is 18.4. The van der Waals surface area contributed by atoms with Gasteiger partial charge < -0.3 is 49.7 Å². The number of aromatic nitrogens is 2. The number of ether oxygens (including phenoxy) is 4. The van der Waals surface area contributed by atoms with E-state index in [9.17, 15) is 25.2 Å². The Bertz CT molecular complexity index is 1200. The number of carbonyl (C=O) groups is 1. The van der Waals surface area contributed by atoms with E-state index in [0.29, 0.717) is 12.0 Å². The number of pyridine rings is 1. The van der Waals surface area contributed by atoms with Gasteiger partial charge in [0, 0.05) is 35.2 Å². The number of nitrogens with one attached hydrogen (secondary N) is 2. The number of aliphatic hydroxyl groups is 4. The van der Waals surface area contributed by atoms with E-state index in [2.05, 4.69) is 21.9 Å². The average Bonchev–Trinajstić information content (AvgIpc) is 3.33. The molecule has 2 aromatic heterocycles. The van der Waals surface area contributed by atoms with Gasteiger partial charge in [-0.25, -0.2) is 9.78 Å². The van der Waals surface area contributed by atoms with Gasteiger partial charge in [-0.2, -0.15) is 0 Å². The third-order valence-corrected chi connectivity index (χ3v) is 7.63. The molecular weight excluding hydrogens is 498 g/mol. The zero-order valence-corrected chi connectivity index (χ0v) is 20.9. The Balaban J connectivity index is 1.43. The van der Waals surface area contributed by atoms with Crippen molar-refractivity contribution in [2.24, 2.45) is 11.8 Å². The van der Waals surface area contributed by atoms with Crippen LogP contribution in [0.4, 0.5) is 0 Å². The van der Waals surface area contributed by atoms with Crippen LogP contribution in [0.5, 0.6) is 0 Å². The van der Waals surface area contributed by atoms with E-state index in [4.69, 9.17) is 18.9 Å². The lowest BCUT2D eigenvalue weighted by atomic mass is 9.78. The number of aromatic amines is 1. The van der Waals surface area contributed by atoms with Gasteiger partial charge in [-0.1, -0.05) is 6.08 Å². The molecule has 0 unspecified atom stereocenters. The van der Waals surface area contributed by atoms with Crippen LogP contribution >= 0.6 is 0 Å². The summed E-state index contributed by atoms with van der Waals surface area (Å²) in [6.07, 6.45) is -2.43. The number of esters is 1. The van der Waals surface area contributed by atoms with Crippen molar-refractivity contribution in [1.82, 2.24) is 15.3 Å². The van der Waals surface area contributed by atoms with Gasteiger partial charge in [-0.3, -0.25) is 0 Å². The van der Waals surface area contributed by atoms with E-state index in [-0.39, 0.29) is 6.04 Å². The van der Waals surface area contributed by atoms with E-state index in [1.807, 2.05) is 12.1 Å².